The monoisotopic (exact) mass is 428 g/mol. The molecule has 8 nitrogen and oxygen atoms in total. The first kappa shape index (κ1) is 20.2. The minimum atomic E-state index is -0.446. The number of rotatable bonds is 4. The third kappa shape index (κ3) is 3.04. The molecule has 8 heteroatoms. The van der Waals surface area contributed by atoms with Crippen molar-refractivity contribution in [1.29, 1.82) is 0 Å². The van der Waals surface area contributed by atoms with Crippen molar-refractivity contribution in [3.63, 3.8) is 0 Å². The van der Waals surface area contributed by atoms with Crippen molar-refractivity contribution in [2.24, 2.45) is 0 Å². The van der Waals surface area contributed by atoms with Crippen LogP contribution in [-0.4, -0.2) is 31.7 Å². The predicted molar refractivity (Wildman–Crippen MR) is 124 cm³/mol. The van der Waals surface area contributed by atoms with Crippen LogP contribution in [0.5, 0.6) is 5.75 Å². The second-order valence-electron chi connectivity index (χ2n) is 9.01. The standard InChI is InChI=1S/C24H26N7O/c1-13-9-16(24(2,3)26-4)12-27-19(13)14-10-15(11-14)21-29-22-17-7-6-8-18(32-5)20(17)28-23(25)31(22)30-21/h4,6-9,12,14-15H,10-11H2,1-3,5H3,(H2,25,28)/q+1. The Bertz CT molecular complexity index is 1390. The van der Waals surface area contributed by atoms with Crippen molar-refractivity contribution < 1.29 is 4.74 Å². The maximum atomic E-state index is 6.18. The van der Waals surface area contributed by atoms with E-state index >= 15 is 0 Å². The number of aromatic nitrogens is 5. The van der Waals surface area contributed by atoms with Crippen molar-refractivity contribution in [2.45, 2.75) is 51.0 Å². The molecule has 0 bridgehead atoms. The van der Waals surface area contributed by atoms with Gasteiger partial charge in [-0.25, -0.2) is 9.97 Å². The predicted octanol–water partition coefficient (Wildman–Crippen LogP) is 4.43. The van der Waals surface area contributed by atoms with Gasteiger partial charge in [-0.15, -0.1) is 5.10 Å². The van der Waals surface area contributed by atoms with Crippen LogP contribution in [0.4, 0.5) is 5.95 Å². The van der Waals surface area contributed by atoms with E-state index in [1.807, 2.05) is 38.2 Å². The number of pyridine rings is 1. The van der Waals surface area contributed by atoms with Gasteiger partial charge in [-0.2, -0.15) is 4.52 Å². The number of hydrogen-bond acceptors (Lipinski definition) is 6. The minimum absolute atomic E-state index is 0.260. The van der Waals surface area contributed by atoms with Gasteiger partial charge in [0.1, 0.15) is 11.3 Å². The molecule has 0 aliphatic heterocycles. The molecule has 0 saturated heterocycles. The zero-order chi connectivity index (χ0) is 22.6. The fraction of sp³-hybridized carbons (Fsp3) is 0.375. The molecule has 32 heavy (non-hydrogen) atoms. The maximum absolute atomic E-state index is 6.18. The molecule has 0 amide bonds. The third-order valence-corrected chi connectivity index (χ3v) is 6.56. The molecular formula is C24H26N7O+. The van der Waals surface area contributed by atoms with E-state index in [9.17, 15) is 0 Å². The summed E-state index contributed by atoms with van der Waals surface area (Å²) in [6.45, 7) is 11.6. The zero-order valence-corrected chi connectivity index (χ0v) is 18.7. The Labute approximate surface area is 186 Å². The average Bonchev–Trinajstić information content (AvgIpc) is 3.19. The van der Waals surface area contributed by atoms with Gasteiger partial charge in [0, 0.05) is 43.0 Å². The summed E-state index contributed by atoms with van der Waals surface area (Å²) in [6.07, 6.45) is 3.79. The van der Waals surface area contributed by atoms with Crippen LogP contribution in [0.25, 0.3) is 21.4 Å². The van der Waals surface area contributed by atoms with E-state index in [0.717, 1.165) is 40.9 Å². The van der Waals surface area contributed by atoms with Gasteiger partial charge in [-0.05, 0) is 43.5 Å². The second kappa shape index (κ2) is 7.16. The summed E-state index contributed by atoms with van der Waals surface area (Å²) in [5.41, 5.74) is 10.4. The lowest BCUT2D eigenvalue weighted by Gasteiger charge is -2.34. The van der Waals surface area contributed by atoms with Gasteiger partial charge in [0.15, 0.2) is 11.5 Å². The SMILES string of the molecule is C#[N+]C(C)(C)c1cnc(C2CC(c3nc4c5cccc(OC)c5nc(N)n4n3)C2)c(C)c1. The third-order valence-electron chi connectivity index (χ3n) is 6.56. The minimum Gasteiger partial charge on any atom is -0.494 e. The van der Waals surface area contributed by atoms with E-state index in [2.05, 4.69) is 27.9 Å². The van der Waals surface area contributed by atoms with Gasteiger partial charge >= 0.3 is 5.54 Å². The molecule has 1 aliphatic carbocycles. The quantitative estimate of drug-likeness (QED) is 0.517. The second-order valence-corrected chi connectivity index (χ2v) is 9.01. The summed E-state index contributed by atoms with van der Waals surface area (Å²) in [6, 6.07) is 7.89. The van der Waals surface area contributed by atoms with Crippen molar-refractivity contribution >= 4 is 22.5 Å². The first-order valence-corrected chi connectivity index (χ1v) is 10.7. The topological polar surface area (TPSA) is 95.6 Å². The molecule has 0 radical (unpaired) electrons. The van der Waals surface area contributed by atoms with Crippen molar-refractivity contribution in [2.75, 3.05) is 12.8 Å². The van der Waals surface area contributed by atoms with Crippen LogP contribution >= 0.6 is 0 Å². The summed E-state index contributed by atoms with van der Waals surface area (Å²) >= 11 is 0. The molecule has 0 spiro atoms. The Morgan fingerprint density at radius 3 is 2.69 bits per heavy atom. The fourth-order valence-electron chi connectivity index (χ4n) is 4.45. The molecule has 1 saturated carbocycles. The largest absolute Gasteiger partial charge is 0.494 e. The smallest absolute Gasteiger partial charge is 0.301 e. The molecule has 5 rings (SSSR count). The van der Waals surface area contributed by atoms with E-state index in [0.29, 0.717) is 28.8 Å². The molecular weight excluding hydrogens is 402 g/mol. The summed E-state index contributed by atoms with van der Waals surface area (Å²) < 4.78 is 7.06. The number of para-hydroxylation sites is 1. The van der Waals surface area contributed by atoms with Crippen LogP contribution < -0.4 is 10.5 Å². The fourth-order valence-corrected chi connectivity index (χ4v) is 4.45. The zero-order valence-electron chi connectivity index (χ0n) is 18.7. The highest BCUT2D eigenvalue weighted by Crippen LogP contribution is 2.47. The van der Waals surface area contributed by atoms with Crippen molar-refractivity contribution in [1.82, 2.24) is 24.6 Å². The average molecular weight is 429 g/mol. The highest BCUT2D eigenvalue weighted by Gasteiger charge is 2.37. The lowest BCUT2D eigenvalue weighted by atomic mass is 9.71. The Morgan fingerprint density at radius 2 is 2.00 bits per heavy atom. The lowest BCUT2D eigenvalue weighted by Crippen LogP contribution is -2.23. The summed E-state index contributed by atoms with van der Waals surface area (Å²) in [5.74, 6) is 2.40. The van der Waals surface area contributed by atoms with Gasteiger partial charge in [-0.1, -0.05) is 10.9 Å². The Morgan fingerprint density at radius 1 is 1.22 bits per heavy atom. The van der Waals surface area contributed by atoms with Gasteiger partial charge in [0.2, 0.25) is 5.95 Å². The number of anilines is 1. The van der Waals surface area contributed by atoms with Crippen LogP contribution in [-0.2, 0) is 5.54 Å². The number of ether oxygens (including phenoxy) is 1. The van der Waals surface area contributed by atoms with Gasteiger partial charge < -0.3 is 10.5 Å². The molecule has 0 unspecified atom stereocenters. The van der Waals surface area contributed by atoms with Crippen LogP contribution in [0.1, 0.15) is 61.2 Å². The van der Waals surface area contributed by atoms with E-state index in [-0.39, 0.29) is 5.92 Å². The molecule has 1 aromatic carbocycles. The number of methoxy groups -OCH3 is 1. The first-order valence-electron chi connectivity index (χ1n) is 10.7. The summed E-state index contributed by atoms with van der Waals surface area (Å²) in [5, 5.41) is 5.55. The highest BCUT2D eigenvalue weighted by atomic mass is 16.5. The van der Waals surface area contributed by atoms with Gasteiger partial charge in [0.25, 0.3) is 6.57 Å². The molecule has 4 aromatic rings. The molecule has 3 heterocycles. The number of nitrogen functional groups attached to an aromatic ring is 1. The number of fused-ring (bicyclic) bond motifs is 3. The van der Waals surface area contributed by atoms with Gasteiger partial charge in [0.05, 0.1) is 12.7 Å². The highest BCUT2D eigenvalue weighted by molar-refractivity contribution is 5.95. The lowest BCUT2D eigenvalue weighted by molar-refractivity contribution is 0.331. The first-order chi connectivity index (χ1) is 15.3. The van der Waals surface area contributed by atoms with Crippen LogP contribution in [0.15, 0.2) is 30.5 Å². The van der Waals surface area contributed by atoms with E-state index in [4.69, 9.17) is 27.0 Å². The maximum Gasteiger partial charge on any atom is 0.301 e. The summed E-state index contributed by atoms with van der Waals surface area (Å²) in [7, 11) is 1.62. The number of benzene rings is 1. The number of nitrogens with two attached hydrogens (primary N) is 1. The normalized spacial score (nSPS) is 18.5. The Balaban J connectivity index is 1.43. The Kier molecular flexibility index (Phi) is 4.52. The molecule has 1 aliphatic rings. The van der Waals surface area contributed by atoms with E-state index < -0.39 is 5.54 Å². The molecule has 162 valence electrons. The molecule has 3 aromatic heterocycles. The van der Waals surface area contributed by atoms with E-state index in [1.54, 1.807) is 11.6 Å². The number of hydrogen-bond donors (Lipinski definition) is 1. The van der Waals surface area contributed by atoms with Crippen molar-refractivity contribution in [3.05, 3.63) is 58.0 Å². The molecule has 0 atom stereocenters. The number of nitrogens with zero attached hydrogens (tertiary/aromatic N) is 6. The van der Waals surface area contributed by atoms with Gasteiger partial charge in [-0.3, -0.25) is 4.98 Å². The van der Waals surface area contributed by atoms with Crippen LogP contribution in [0.2, 0.25) is 0 Å². The number of aryl methyl sites for hydroxylation is 1. The van der Waals surface area contributed by atoms with E-state index in [1.165, 1.54) is 0 Å². The van der Waals surface area contributed by atoms with Crippen molar-refractivity contribution in [3.8, 4) is 12.3 Å². The molecule has 2 N–H and O–H groups in total. The van der Waals surface area contributed by atoms with Crippen LogP contribution in [0.3, 0.4) is 0 Å². The molecule has 1 fully saturated rings. The van der Waals surface area contributed by atoms with Crippen LogP contribution in [0, 0.1) is 13.5 Å². The Hall–Kier alpha value is -3.73. The summed E-state index contributed by atoms with van der Waals surface area (Å²) in [4.78, 5) is 18.0.